The van der Waals surface area contributed by atoms with Gasteiger partial charge in [0.1, 0.15) is 10.6 Å². The van der Waals surface area contributed by atoms with E-state index < -0.39 is 12.0 Å². The van der Waals surface area contributed by atoms with Crippen LogP contribution in [0, 0.1) is 0 Å². The summed E-state index contributed by atoms with van der Waals surface area (Å²) >= 11 is 3.15. The molecule has 66 valence electrons. The summed E-state index contributed by atoms with van der Waals surface area (Å²) in [5, 5.41) is 8.50. The molecule has 12 heavy (non-hydrogen) atoms. The van der Waals surface area contributed by atoms with Crippen molar-refractivity contribution in [3.05, 3.63) is 16.6 Å². The van der Waals surface area contributed by atoms with Gasteiger partial charge in [-0.2, -0.15) is 0 Å². The molecule has 1 atom stereocenters. The lowest BCUT2D eigenvalue weighted by Crippen LogP contribution is -2.32. The number of rotatable bonds is 3. The van der Waals surface area contributed by atoms with Crippen LogP contribution in [0.3, 0.4) is 0 Å². The number of aliphatic carboxylic acids is 1. The van der Waals surface area contributed by atoms with Crippen molar-refractivity contribution in [2.75, 3.05) is 0 Å². The molecule has 1 rings (SSSR count). The first kappa shape index (κ1) is 9.21. The Kier molecular flexibility index (Phi) is 2.83. The minimum Gasteiger partial charge on any atom is -0.480 e. The molecule has 0 saturated carbocycles. The Hall–Kier alpha value is -0.880. The van der Waals surface area contributed by atoms with Gasteiger partial charge in [-0.3, -0.25) is 4.79 Å². The average Bonchev–Trinajstić information content (AvgIpc) is 2.36. The Morgan fingerprint density at radius 2 is 2.58 bits per heavy atom. The van der Waals surface area contributed by atoms with Gasteiger partial charge in [-0.15, -0.1) is 0 Å². The van der Waals surface area contributed by atoms with Crippen LogP contribution < -0.4 is 5.73 Å². The maximum Gasteiger partial charge on any atom is 0.320 e. The number of carbonyl (C=O) groups is 1. The predicted octanol–water partition coefficient (Wildman–Crippen LogP) is 0.127. The number of nitrogens with two attached hydrogens (primary N) is 1. The van der Waals surface area contributed by atoms with Crippen molar-refractivity contribution >= 4 is 21.9 Å². The lowest BCUT2D eigenvalue weighted by molar-refractivity contribution is -0.138. The monoisotopic (exact) mass is 233 g/mol. The lowest BCUT2D eigenvalue weighted by atomic mass is 10.2. The van der Waals surface area contributed by atoms with Crippen LogP contribution in [-0.2, 0) is 11.2 Å². The Balaban J connectivity index is 2.64. The van der Waals surface area contributed by atoms with Gasteiger partial charge in [0.05, 0.1) is 12.0 Å². The molecule has 0 aliphatic rings. The third-order valence-corrected chi connectivity index (χ3v) is 2.09. The van der Waals surface area contributed by atoms with Crippen LogP contribution >= 0.6 is 15.9 Å². The van der Waals surface area contributed by atoms with Crippen LogP contribution in [0.2, 0.25) is 0 Å². The van der Waals surface area contributed by atoms with E-state index in [2.05, 4.69) is 25.9 Å². The molecule has 0 unspecified atom stereocenters. The van der Waals surface area contributed by atoms with Gasteiger partial charge in [-0.05, 0) is 15.9 Å². The highest BCUT2D eigenvalue weighted by molar-refractivity contribution is 9.10. The molecule has 0 aliphatic carbocycles. The van der Waals surface area contributed by atoms with Crippen molar-refractivity contribution in [2.24, 2.45) is 5.73 Å². The van der Waals surface area contributed by atoms with Crippen LogP contribution in [0.1, 0.15) is 5.69 Å². The number of carboxylic acid groups (broad SMARTS) is 1. The second-order valence-corrected chi connectivity index (χ2v) is 3.07. The fourth-order valence-electron chi connectivity index (χ4n) is 0.755. The molecule has 6 heteroatoms. The standard InChI is InChI=1S/C6H8BrN3O2/c7-5-4(9-2-10-5)1-3(8)6(11)12/h2-3H,1,8H2,(H,9,10)(H,11,12)/t3-/m0/s1. The number of imidazole rings is 1. The topological polar surface area (TPSA) is 92.0 Å². The van der Waals surface area contributed by atoms with E-state index in [9.17, 15) is 4.79 Å². The highest BCUT2D eigenvalue weighted by atomic mass is 79.9. The molecule has 0 bridgehead atoms. The second-order valence-electron chi connectivity index (χ2n) is 2.32. The molecule has 0 saturated heterocycles. The molecular formula is C6H8BrN3O2. The number of aromatic nitrogens is 2. The Bertz CT molecular complexity index is 286. The molecule has 0 aromatic carbocycles. The molecule has 0 amide bonds. The van der Waals surface area contributed by atoms with Crippen LogP contribution in [0.5, 0.6) is 0 Å². The summed E-state index contributed by atoms with van der Waals surface area (Å²) in [5.74, 6) is -1.02. The van der Waals surface area contributed by atoms with Gasteiger partial charge in [0.2, 0.25) is 0 Å². The zero-order valence-electron chi connectivity index (χ0n) is 6.12. The quantitative estimate of drug-likeness (QED) is 0.692. The van der Waals surface area contributed by atoms with Crippen LogP contribution in [0.15, 0.2) is 10.9 Å². The molecule has 1 aromatic rings. The first-order valence-corrected chi connectivity index (χ1v) is 4.06. The maximum absolute atomic E-state index is 10.4. The Morgan fingerprint density at radius 3 is 3.00 bits per heavy atom. The van der Waals surface area contributed by atoms with E-state index in [1.807, 2.05) is 0 Å². The number of hydrogen-bond donors (Lipinski definition) is 3. The van der Waals surface area contributed by atoms with Crippen molar-refractivity contribution in [1.82, 2.24) is 9.97 Å². The SMILES string of the molecule is N[C@@H](Cc1[nH]cnc1Br)C(=O)O. The smallest absolute Gasteiger partial charge is 0.320 e. The third-order valence-electron chi connectivity index (χ3n) is 1.41. The van der Waals surface area contributed by atoms with E-state index in [1.165, 1.54) is 6.33 Å². The minimum atomic E-state index is -1.02. The summed E-state index contributed by atoms with van der Waals surface area (Å²) in [6, 6.07) is -0.887. The lowest BCUT2D eigenvalue weighted by Gasteiger charge is -2.03. The van der Waals surface area contributed by atoms with Crippen LogP contribution in [0.4, 0.5) is 0 Å². The van der Waals surface area contributed by atoms with Gasteiger partial charge in [0.25, 0.3) is 0 Å². The molecule has 0 fully saturated rings. The third kappa shape index (κ3) is 2.05. The van der Waals surface area contributed by atoms with Crippen molar-refractivity contribution in [3.8, 4) is 0 Å². The van der Waals surface area contributed by atoms with Gasteiger partial charge in [-0.25, -0.2) is 4.98 Å². The zero-order chi connectivity index (χ0) is 9.14. The van der Waals surface area contributed by atoms with Crippen LogP contribution in [-0.4, -0.2) is 27.1 Å². The molecule has 0 spiro atoms. The molecule has 1 heterocycles. The van der Waals surface area contributed by atoms with Crippen LogP contribution in [0.25, 0.3) is 0 Å². The van der Waals surface area contributed by atoms with E-state index >= 15 is 0 Å². The molecule has 0 aliphatic heterocycles. The van der Waals surface area contributed by atoms with Crippen molar-refractivity contribution in [3.63, 3.8) is 0 Å². The summed E-state index contributed by atoms with van der Waals surface area (Å²) < 4.78 is 0.610. The second kappa shape index (κ2) is 3.68. The minimum absolute atomic E-state index is 0.246. The number of aromatic amines is 1. The van der Waals surface area contributed by atoms with Crippen molar-refractivity contribution in [1.29, 1.82) is 0 Å². The Morgan fingerprint density at radius 1 is 1.92 bits per heavy atom. The number of hydrogen-bond acceptors (Lipinski definition) is 3. The summed E-state index contributed by atoms with van der Waals surface area (Å²) in [6.07, 6.45) is 1.73. The normalized spacial score (nSPS) is 12.8. The molecule has 1 aromatic heterocycles. The first-order valence-electron chi connectivity index (χ1n) is 3.27. The van der Waals surface area contributed by atoms with E-state index in [0.29, 0.717) is 10.3 Å². The summed E-state index contributed by atoms with van der Waals surface area (Å²) in [7, 11) is 0. The summed E-state index contributed by atoms with van der Waals surface area (Å²) in [5.41, 5.74) is 6.01. The number of nitrogens with one attached hydrogen (secondary N) is 1. The largest absolute Gasteiger partial charge is 0.480 e. The number of H-pyrrole nitrogens is 1. The zero-order valence-corrected chi connectivity index (χ0v) is 7.71. The van der Waals surface area contributed by atoms with Gasteiger partial charge in [0.15, 0.2) is 0 Å². The number of nitrogens with zero attached hydrogens (tertiary/aromatic N) is 1. The average molecular weight is 234 g/mol. The maximum atomic E-state index is 10.4. The van der Waals surface area contributed by atoms with Gasteiger partial charge in [0, 0.05) is 6.42 Å². The van der Waals surface area contributed by atoms with Crippen molar-refractivity contribution < 1.29 is 9.90 Å². The highest BCUT2D eigenvalue weighted by Crippen LogP contribution is 2.11. The van der Waals surface area contributed by atoms with E-state index in [4.69, 9.17) is 10.8 Å². The number of carboxylic acids is 1. The van der Waals surface area contributed by atoms with Gasteiger partial charge < -0.3 is 15.8 Å². The van der Waals surface area contributed by atoms with E-state index in [1.54, 1.807) is 0 Å². The predicted molar refractivity (Wildman–Crippen MR) is 45.6 cm³/mol. The Labute approximate surface area is 77.1 Å². The van der Waals surface area contributed by atoms with Gasteiger partial charge >= 0.3 is 5.97 Å². The fraction of sp³-hybridized carbons (Fsp3) is 0.333. The van der Waals surface area contributed by atoms with E-state index in [0.717, 1.165) is 0 Å². The molecule has 4 N–H and O–H groups in total. The van der Waals surface area contributed by atoms with Crippen molar-refractivity contribution in [2.45, 2.75) is 12.5 Å². The summed E-state index contributed by atoms with van der Waals surface area (Å²) in [6.45, 7) is 0. The fourth-order valence-corrected chi connectivity index (χ4v) is 1.13. The molecular weight excluding hydrogens is 226 g/mol. The summed E-state index contributed by atoms with van der Waals surface area (Å²) in [4.78, 5) is 17.0. The molecule has 5 nitrogen and oxygen atoms in total. The molecule has 0 radical (unpaired) electrons. The first-order chi connectivity index (χ1) is 5.61. The highest BCUT2D eigenvalue weighted by Gasteiger charge is 2.14. The van der Waals surface area contributed by atoms with Gasteiger partial charge in [-0.1, -0.05) is 0 Å². The van der Waals surface area contributed by atoms with E-state index in [-0.39, 0.29) is 6.42 Å². The number of halogens is 1.